The Labute approximate surface area is 80.5 Å². The molecule has 0 bridgehead atoms. The fraction of sp³-hybridized carbons (Fsp3) is 1.00. The molecule has 0 aliphatic carbocycles. The van der Waals surface area contributed by atoms with E-state index in [1.54, 1.807) is 7.11 Å². The summed E-state index contributed by atoms with van der Waals surface area (Å²) >= 11 is 2.30. The van der Waals surface area contributed by atoms with Crippen molar-refractivity contribution in [3.63, 3.8) is 0 Å². The van der Waals surface area contributed by atoms with Crippen LogP contribution in [0.5, 0.6) is 0 Å². The molecule has 1 rings (SSSR count). The molecule has 0 N–H and O–H groups in total. The number of alkyl halides is 1. The maximum atomic E-state index is 5.62. The van der Waals surface area contributed by atoms with E-state index in [4.69, 9.17) is 14.2 Å². The Morgan fingerprint density at radius 3 is 2.82 bits per heavy atom. The van der Waals surface area contributed by atoms with Crippen LogP contribution in [0.2, 0.25) is 0 Å². The largest absolute Gasteiger partial charge is 0.382 e. The van der Waals surface area contributed by atoms with Gasteiger partial charge in [-0.15, -0.1) is 0 Å². The smallest absolute Gasteiger partial charge is 0.105 e. The molecule has 1 fully saturated rings. The van der Waals surface area contributed by atoms with Crippen molar-refractivity contribution in [2.45, 2.75) is 12.2 Å². The van der Waals surface area contributed by atoms with Crippen LogP contribution in [0.3, 0.4) is 0 Å². The summed E-state index contributed by atoms with van der Waals surface area (Å²) in [5.41, 5.74) is 0. The maximum absolute atomic E-state index is 5.62. The van der Waals surface area contributed by atoms with E-state index in [9.17, 15) is 0 Å². The molecule has 3 nitrogen and oxygen atoms in total. The highest BCUT2D eigenvalue weighted by molar-refractivity contribution is 14.1. The van der Waals surface area contributed by atoms with Gasteiger partial charge in [-0.1, -0.05) is 22.6 Å². The van der Waals surface area contributed by atoms with Crippen molar-refractivity contribution in [2.24, 2.45) is 0 Å². The number of hydrogen-bond donors (Lipinski definition) is 0. The van der Waals surface area contributed by atoms with Crippen LogP contribution in [0.4, 0.5) is 0 Å². The van der Waals surface area contributed by atoms with Crippen LogP contribution in [-0.2, 0) is 14.2 Å². The first kappa shape index (κ1) is 9.70. The van der Waals surface area contributed by atoms with E-state index < -0.39 is 0 Å². The monoisotopic (exact) mass is 272 g/mol. The maximum Gasteiger partial charge on any atom is 0.105 e. The predicted octanol–water partition coefficient (Wildman–Crippen LogP) is 0.852. The summed E-state index contributed by atoms with van der Waals surface area (Å²) in [6.45, 7) is 2.03. The number of ether oxygens (including phenoxy) is 3. The lowest BCUT2D eigenvalue weighted by Gasteiger charge is -2.28. The van der Waals surface area contributed by atoms with Crippen LogP contribution in [0, 0.1) is 0 Å². The van der Waals surface area contributed by atoms with E-state index >= 15 is 0 Å². The van der Waals surface area contributed by atoms with Gasteiger partial charge in [0.15, 0.2) is 0 Å². The van der Waals surface area contributed by atoms with E-state index in [2.05, 4.69) is 22.6 Å². The third-order valence-corrected chi connectivity index (χ3v) is 2.50. The lowest BCUT2D eigenvalue weighted by molar-refractivity contribution is -0.144. The molecule has 0 radical (unpaired) electrons. The summed E-state index contributed by atoms with van der Waals surface area (Å²) < 4.78 is 16.9. The summed E-state index contributed by atoms with van der Waals surface area (Å²) in [5.74, 6) is 0. The van der Waals surface area contributed by atoms with Crippen LogP contribution >= 0.6 is 22.6 Å². The number of hydrogen-bond acceptors (Lipinski definition) is 3. The number of halogens is 1. The van der Waals surface area contributed by atoms with Crippen LogP contribution in [0.25, 0.3) is 0 Å². The minimum absolute atomic E-state index is 0.133. The molecule has 1 aliphatic rings. The van der Waals surface area contributed by atoms with E-state index in [1.807, 2.05) is 0 Å². The zero-order valence-corrected chi connectivity index (χ0v) is 8.74. The van der Waals surface area contributed by atoms with Crippen molar-refractivity contribution in [3.05, 3.63) is 0 Å². The lowest BCUT2D eigenvalue weighted by atomic mass is 10.3. The molecule has 0 aromatic rings. The van der Waals surface area contributed by atoms with Gasteiger partial charge in [-0.25, -0.2) is 0 Å². The second-order valence-electron chi connectivity index (χ2n) is 2.53. The Kier molecular flexibility index (Phi) is 4.66. The van der Waals surface area contributed by atoms with Gasteiger partial charge in [0.1, 0.15) is 6.10 Å². The molecule has 11 heavy (non-hydrogen) atoms. The first-order valence-corrected chi connectivity index (χ1v) is 5.17. The Morgan fingerprint density at radius 2 is 2.18 bits per heavy atom. The molecule has 0 saturated carbocycles. The van der Waals surface area contributed by atoms with Crippen LogP contribution in [0.15, 0.2) is 0 Å². The van der Waals surface area contributed by atoms with Crippen molar-refractivity contribution >= 4 is 22.6 Å². The Hall–Kier alpha value is 0.610. The van der Waals surface area contributed by atoms with E-state index in [0.29, 0.717) is 13.2 Å². The van der Waals surface area contributed by atoms with Crippen LogP contribution in [-0.4, -0.2) is 43.6 Å². The van der Waals surface area contributed by atoms with Crippen LogP contribution < -0.4 is 0 Å². The number of rotatable bonds is 3. The third-order valence-electron chi connectivity index (χ3n) is 1.52. The van der Waals surface area contributed by atoms with Crippen molar-refractivity contribution in [1.82, 2.24) is 0 Å². The first-order chi connectivity index (χ1) is 5.36. The van der Waals surface area contributed by atoms with E-state index in [1.165, 1.54) is 0 Å². The third kappa shape index (κ3) is 3.23. The molecule has 4 heteroatoms. The summed E-state index contributed by atoms with van der Waals surface area (Å²) in [7, 11) is 1.68. The molecular weight excluding hydrogens is 259 g/mol. The first-order valence-electron chi connectivity index (χ1n) is 3.65. The summed E-state index contributed by atoms with van der Waals surface area (Å²) in [5, 5.41) is 0. The Balaban J connectivity index is 2.21. The summed E-state index contributed by atoms with van der Waals surface area (Å²) in [6, 6.07) is 0. The predicted molar refractivity (Wildman–Crippen MR) is 50.2 cm³/mol. The molecule has 2 atom stereocenters. The second kappa shape index (κ2) is 5.29. The van der Waals surface area contributed by atoms with Crippen molar-refractivity contribution in [1.29, 1.82) is 0 Å². The van der Waals surface area contributed by atoms with Gasteiger partial charge in [0.05, 0.1) is 25.9 Å². The van der Waals surface area contributed by atoms with Gasteiger partial charge in [0.2, 0.25) is 0 Å². The van der Waals surface area contributed by atoms with Crippen molar-refractivity contribution in [2.75, 3.05) is 31.4 Å². The Bertz CT molecular complexity index is 108. The SMILES string of the molecule is COCC1COCC(CI)O1. The zero-order valence-electron chi connectivity index (χ0n) is 6.59. The summed E-state index contributed by atoms with van der Waals surface area (Å²) in [6.07, 6.45) is 0.387. The average Bonchev–Trinajstić information content (AvgIpc) is 2.06. The highest BCUT2D eigenvalue weighted by atomic mass is 127. The fourth-order valence-electron chi connectivity index (χ4n) is 1.04. The molecule has 1 aliphatic heterocycles. The molecular formula is C7H13IO3. The standard InChI is InChI=1S/C7H13IO3/c1-9-3-7-5-10-4-6(2-8)11-7/h6-7H,2-5H2,1H3. The Morgan fingerprint density at radius 1 is 1.45 bits per heavy atom. The summed E-state index contributed by atoms with van der Waals surface area (Å²) in [4.78, 5) is 0. The van der Waals surface area contributed by atoms with E-state index in [-0.39, 0.29) is 12.2 Å². The number of methoxy groups -OCH3 is 1. The topological polar surface area (TPSA) is 27.7 Å². The van der Waals surface area contributed by atoms with E-state index in [0.717, 1.165) is 11.0 Å². The van der Waals surface area contributed by atoms with Crippen molar-refractivity contribution < 1.29 is 14.2 Å². The minimum Gasteiger partial charge on any atom is -0.382 e. The normalized spacial score (nSPS) is 32.2. The highest BCUT2D eigenvalue weighted by Gasteiger charge is 2.21. The van der Waals surface area contributed by atoms with Gasteiger partial charge in [-0.05, 0) is 0 Å². The molecule has 0 aromatic carbocycles. The second-order valence-corrected chi connectivity index (χ2v) is 3.41. The molecule has 66 valence electrons. The molecule has 0 spiro atoms. The zero-order chi connectivity index (χ0) is 8.10. The molecule has 0 aromatic heterocycles. The van der Waals surface area contributed by atoms with Gasteiger partial charge in [-0.3, -0.25) is 0 Å². The lowest BCUT2D eigenvalue weighted by Crippen LogP contribution is -2.39. The van der Waals surface area contributed by atoms with Gasteiger partial charge in [0, 0.05) is 11.5 Å². The molecule has 0 amide bonds. The molecule has 1 saturated heterocycles. The quantitative estimate of drug-likeness (QED) is 0.563. The fourth-order valence-corrected chi connectivity index (χ4v) is 1.50. The minimum atomic E-state index is 0.133. The van der Waals surface area contributed by atoms with Crippen molar-refractivity contribution in [3.8, 4) is 0 Å². The highest BCUT2D eigenvalue weighted by Crippen LogP contribution is 2.10. The van der Waals surface area contributed by atoms with Crippen LogP contribution in [0.1, 0.15) is 0 Å². The van der Waals surface area contributed by atoms with Gasteiger partial charge in [0.25, 0.3) is 0 Å². The molecule has 1 heterocycles. The average molecular weight is 272 g/mol. The molecule has 2 unspecified atom stereocenters. The van der Waals surface area contributed by atoms with Gasteiger partial charge in [-0.2, -0.15) is 0 Å². The van der Waals surface area contributed by atoms with Gasteiger partial charge >= 0.3 is 0 Å². The van der Waals surface area contributed by atoms with Gasteiger partial charge < -0.3 is 14.2 Å².